The molecule has 0 nitrogen and oxygen atoms in total. The van der Waals surface area contributed by atoms with E-state index in [0.29, 0.717) is 16.8 Å². The van der Waals surface area contributed by atoms with Crippen molar-refractivity contribution in [2.24, 2.45) is 5.92 Å². The van der Waals surface area contributed by atoms with Crippen LogP contribution in [0.2, 0.25) is 0 Å². The third-order valence-electron chi connectivity index (χ3n) is 3.23. The van der Waals surface area contributed by atoms with E-state index in [4.69, 9.17) is 0 Å². The Balaban J connectivity index is 1.90. The van der Waals surface area contributed by atoms with E-state index in [1.165, 1.54) is 47.7 Å². The van der Waals surface area contributed by atoms with Crippen molar-refractivity contribution in [1.82, 2.24) is 0 Å². The molecule has 1 aliphatic carbocycles. The van der Waals surface area contributed by atoms with E-state index >= 15 is 0 Å². The highest BCUT2D eigenvalue weighted by Gasteiger charge is 2.25. The highest BCUT2D eigenvalue weighted by molar-refractivity contribution is 7.97. The molecule has 0 saturated carbocycles. The van der Waals surface area contributed by atoms with Crippen molar-refractivity contribution in [2.75, 3.05) is 17.3 Å². The van der Waals surface area contributed by atoms with Crippen LogP contribution in [0.3, 0.4) is 0 Å². The van der Waals surface area contributed by atoms with E-state index in [1.807, 2.05) is 0 Å². The first-order valence-electron chi connectivity index (χ1n) is 5.95. The van der Waals surface area contributed by atoms with E-state index in [9.17, 15) is 0 Å². The van der Waals surface area contributed by atoms with Crippen molar-refractivity contribution < 1.29 is 0 Å². The maximum atomic E-state index is 4.28. The summed E-state index contributed by atoms with van der Waals surface area (Å²) in [5, 5.41) is 0. The van der Waals surface area contributed by atoms with Crippen LogP contribution in [0.1, 0.15) is 26.2 Å². The van der Waals surface area contributed by atoms with Gasteiger partial charge in [-0.3, -0.25) is 0 Å². The molecule has 2 rings (SSSR count). The minimum Gasteiger partial charge on any atom is -0.0909 e. The van der Waals surface area contributed by atoms with Crippen LogP contribution in [0.25, 0.3) is 0 Å². The van der Waals surface area contributed by atoms with Gasteiger partial charge in [-0.05, 0) is 47.2 Å². The van der Waals surface area contributed by atoms with Gasteiger partial charge in [0.05, 0.1) is 0 Å². The molecule has 1 unspecified atom stereocenters. The smallest absolute Gasteiger partial charge is 0.0909 e. The number of allylic oxidation sites excluding steroid dienone is 4. The molecule has 82 valence electrons. The Hall–Kier alpha value is -0.430. The van der Waals surface area contributed by atoms with Gasteiger partial charge in [0, 0.05) is 0 Å². The Morgan fingerprint density at radius 2 is 2.20 bits per heavy atom. The van der Waals surface area contributed by atoms with Gasteiger partial charge in [0.1, 0.15) is 17.3 Å². The first kappa shape index (κ1) is 11.1. The van der Waals surface area contributed by atoms with Crippen LogP contribution in [0.15, 0.2) is 36.0 Å². The van der Waals surface area contributed by atoms with Crippen molar-refractivity contribution in [2.45, 2.75) is 26.2 Å². The van der Waals surface area contributed by atoms with Crippen LogP contribution < -0.4 is 0 Å². The Morgan fingerprint density at radius 1 is 1.47 bits per heavy atom. The van der Waals surface area contributed by atoms with Gasteiger partial charge in [0.25, 0.3) is 0 Å². The van der Waals surface area contributed by atoms with Crippen molar-refractivity contribution in [3.8, 4) is 0 Å². The zero-order chi connectivity index (χ0) is 10.7. The summed E-state index contributed by atoms with van der Waals surface area (Å²) in [5.41, 5.74) is 2.92. The molecule has 0 radical (unpaired) electrons. The fourth-order valence-corrected chi connectivity index (χ4v) is 4.70. The van der Waals surface area contributed by atoms with Gasteiger partial charge in [-0.15, -0.1) is 0 Å². The van der Waals surface area contributed by atoms with Crippen molar-refractivity contribution in [1.29, 1.82) is 0 Å². The van der Waals surface area contributed by atoms with Crippen LogP contribution >= 0.6 is 0 Å². The van der Waals surface area contributed by atoms with E-state index in [-0.39, 0.29) is 0 Å². The molecule has 0 aromatic rings. The molecule has 0 bridgehead atoms. The monoisotopic (exact) mass is 221 g/mol. The number of hydrogen-bond acceptors (Lipinski definition) is 0. The van der Waals surface area contributed by atoms with E-state index in [2.05, 4.69) is 31.7 Å². The van der Waals surface area contributed by atoms with Crippen LogP contribution in [-0.2, 0) is 10.9 Å². The third-order valence-corrected chi connectivity index (χ3v) is 5.72. The molecule has 1 atom stereocenters. The first-order chi connectivity index (χ1) is 7.25. The largest absolute Gasteiger partial charge is 0.132 e. The minimum absolute atomic E-state index is 0.665. The van der Waals surface area contributed by atoms with Gasteiger partial charge >= 0.3 is 0 Å². The molecule has 2 aliphatic rings. The minimum atomic E-state index is 0.665. The molecule has 0 aromatic carbocycles. The zero-order valence-corrected chi connectivity index (χ0v) is 10.5. The van der Waals surface area contributed by atoms with Gasteiger partial charge in [0.15, 0.2) is 0 Å². The highest BCUT2D eigenvalue weighted by Crippen LogP contribution is 2.26. The van der Waals surface area contributed by atoms with Crippen LogP contribution in [-0.4, -0.2) is 17.3 Å². The Kier molecular flexibility index (Phi) is 3.74. The molecule has 1 fully saturated rings. The molecule has 0 N–H and O–H groups in total. The van der Waals surface area contributed by atoms with Crippen LogP contribution in [0.5, 0.6) is 0 Å². The van der Waals surface area contributed by atoms with Gasteiger partial charge in [0.2, 0.25) is 0 Å². The van der Waals surface area contributed by atoms with Gasteiger partial charge < -0.3 is 0 Å². The average molecular weight is 221 g/mol. The number of rotatable bonds is 3. The molecule has 1 heterocycles. The second-order valence-corrected chi connectivity index (χ2v) is 7.06. The van der Waals surface area contributed by atoms with E-state index in [0.717, 1.165) is 0 Å². The second-order valence-electron chi connectivity index (χ2n) is 4.73. The third kappa shape index (κ3) is 3.01. The molecule has 1 aliphatic heterocycles. The topological polar surface area (TPSA) is 0 Å². The summed E-state index contributed by atoms with van der Waals surface area (Å²) in [6, 6.07) is 0. The summed E-state index contributed by atoms with van der Waals surface area (Å²) in [6.45, 7) is 6.57. The molecule has 1 saturated heterocycles. The predicted octanol–water partition coefficient (Wildman–Crippen LogP) is 3.48. The molecule has 1 heteroatoms. The fourth-order valence-electron chi connectivity index (χ4n) is 2.30. The first-order valence-corrected chi connectivity index (χ1v) is 7.68. The Morgan fingerprint density at radius 3 is 2.87 bits per heavy atom. The van der Waals surface area contributed by atoms with E-state index < -0.39 is 0 Å². The molecule has 0 spiro atoms. The average Bonchev–Trinajstić information content (AvgIpc) is 2.70. The second kappa shape index (κ2) is 5.07. The van der Waals surface area contributed by atoms with Gasteiger partial charge in [-0.2, -0.15) is 0 Å². The normalized spacial score (nSPS) is 26.7. The van der Waals surface area contributed by atoms with Gasteiger partial charge in [-0.1, -0.05) is 31.7 Å². The molecular formula is C14H21S+. The van der Waals surface area contributed by atoms with Crippen molar-refractivity contribution in [3.05, 3.63) is 36.0 Å². The maximum Gasteiger partial charge on any atom is 0.132 e. The summed E-state index contributed by atoms with van der Waals surface area (Å²) in [6.07, 6.45) is 10.9. The standard InChI is InChI=1S/C14H21S/c1-12-6-5-7-14(10-12)13(2)11-15-8-3-4-9-15/h5-7,12H,2-4,8-11H2,1H3/q+1. The quantitative estimate of drug-likeness (QED) is 0.640. The Labute approximate surface area is 96.5 Å². The summed E-state index contributed by atoms with van der Waals surface area (Å²) in [4.78, 5) is 0. The lowest BCUT2D eigenvalue weighted by molar-refractivity contribution is 0.712. The molecular weight excluding hydrogens is 200 g/mol. The van der Waals surface area contributed by atoms with Crippen LogP contribution in [0.4, 0.5) is 0 Å². The zero-order valence-electron chi connectivity index (χ0n) is 9.67. The van der Waals surface area contributed by atoms with Crippen molar-refractivity contribution in [3.63, 3.8) is 0 Å². The lowest BCUT2D eigenvalue weighted by Crippen LogP contribution is -2.13. The van der Waals surface area contributed by atoms with Crippen molar-refractivity contribution >= 4 is 10.9 Å². The lowest BCUT2D eigenvalue weighted by atomic mass is 9.92. The summed E-state index contributed by atoms with van der Waals surface area (Å²) >= 11 is 0. The summed E-state index contributed by atoms with van der Waals surface area (Å²) in [5.74, 6) is 4.88. The molecule has 0 amide bonds. The van der Waals surface area contributed by atoms with E-state index in [1.54, 1.807) is 0 Å². The predicted molar refractivity (Wildman–Crippen MR) is 71.3 cm³/mol. The van der Waals surface area contributed by atoms with Crippen LogP contribution in [0, 0.1) is 5.92 Å². The summed E-state index contributed by atoms with van der Waals surface area (Å²) in [7, 11) is 0.665. The SMILES string of the molecule is C=C(C[S+]1CCCC1)C1=CC=CC(C)C1. The fraction of sp³-hybridized carbons (Fsp3) is 0.571. The van der Waals surface area contributed by atoms with Gasteiger partial charge in [-0.25, -0.2) is 0 Å². The highest BCUT2D eigenvalue weighted by atomic mass is 32.2. The molecule has 0 aromatic heterocycles. The summed E-state index contributed by atoms with van der Waals surface area (Å²) < 4.78 is 0. The lowest BCUT2D eigenvalue weighted by Gasteiger charge is -2.15. The number of hydrogen-bond donors (Lipinski definition) is 0. The maximum absolute atomic E-state index is 4.28. The Bertz CT molecular complexity index is 292. The molecule has 15 heavy (non-hydrogen) atoms.